The van der Waals surface area contributed by atoms with Crippen molar-refractivity contribution in [3.8, 4) is 17.9 Å². The Morgan fingerprint density at radius 2 is 2.00 bits per heavy atom. The predicted octanol–water partition coefficient (Wildman–Crippen LogP) is 2.62. The molecule has 0 bridgehead atoms. The number of nitrogens with zero attached hydrogens (tertiary/aromatic N) is 3. The molecule has 0 spiro atoms. The van der Waals surface area contributed by atoms with E-state index in [4.69, 9.17) is 11.0 Å². The quantitative estimate of drug-likeness (QED) is 0.787. The first-order chi connectivity index (χ1) is 12.7. The van der Waals surface area contributed by atoms with Crippen LogP contribution in [0, 0.1) is 34.5 Å². The monoisotopic (exact) mass is 397 g/mol. The zero-order chi connectivity index (χ0) is 20.0. The van der Waals surface area contributed by atoms with Crippen molar-refractivity contribution in [2.45, 2.75) is 18.2 Å². The van der Waals surface area contributed by atoms with Crippen molar-refractivity contribution in [3.63, 3.8) is 0 Å². The van der Waals surface area contributed by atoms with Crippen LogP contribution in [0.3, 0.4) is 0 Å². The molecule has 7 nitrogen and oxygen atoms in total. The van der Waals surface area contributed by atoms with E-state index in [0.717, 1.165) is 23.9 Å². The lowest BCUT2D eigenvalue weighted by Gasteiger charge is -2.25. The summed E-state index contributed by atoms with van der Waals surface area (Å²) in [6, 6.07) is 8.75. The molecule has 1 aliphatic rings. The lowest BCUT2D eigenvalue weighted by Crippen LogP contribution is -2.35. The first-order valence-corrected chi connectivity index (χ1v) is 8.66. The molecule has 1 aromatic carbocycles. The number of nitrogens with two attached hydrogens (primary N) is 1. The highest BCUT2D eigenvalue weighted by atomic mass is 32.2. The van der Waals surface area contributed by atoms with Crippen LogP contribution in [-0.4, -0.2) is 29.2 Å². The summed E-state index contributed by atoms with van der Waals surface area (Å²) >= 11 is 1.10. The lowest BCUT2D eigenvalue weighted by molar-refractivity contribution is -0.274. The van der Waals surface area contributed by atoms with Gasteiger partial charge in [-0.15, -0.1) is 24.9 Å². The van der Waals surface area contributed by atoms with E-state index in [1.54, 1.807) is 0 Å². The Kier molecular flexibility index (Phi) is 6.53. The van der Waals surface area contributed by atoms with Crippen LogP contribution in [0.5, 0.6) is 5.75 Å². The molecule has 142 valence electrons. The molecule has 1 amide bonds. The Balaban J connectivity index is 1.90. The van der Waals surface area contributed by atoms with Crippen molar-refractivity contribution in [1.29, 1.82) is 10.5 Å². The summed E-state index contributed by atoms with van der Waals surface area (Å²) in [7, 11) is 0. The first kappa shape index (κ1) is 20.4. The number of hydrogen-bond acceptors (Lipinski definition) is 7. The van der Waals surface area contributed by atoms with E-state index in [0.29, 0.717) is 5.69 Å². The maximum atomic E-state index is 12.1. The number of hydrogen-bond donors (Lipinski definition) is 2. The number of nitrogens with one attached hydrogen (secondary N) is 1. The number of halogens is 3. The third kappa shape index (κ3) is 6.08. The van der Waals surface area contributed by atoms with Gasteiger partial charge in [-0.1, -0.05) is 0 Å². The van der Waals surface area contributed by atoms with Gasteiger partial charge in [-0.2, -0.15) is 10.5 Å². The first-order valence-electron chi connectivity index (χ1n) is 7.61. The number of amides is 1. The van der Waals surface area contributed by atoms with Crippen molar-refractivity contribution < 1.29 is 22.7 Å². The summed E-state index contributed by atoms with van der Waals surface area (Å²) in [6.07, 6.45) is -4.53. The number of carbonyl (C=O) groups is 1. The van der Waals surface area contributed by atoms with E-state index >= 15 is 0 Å². The summed E-state index contributed by atoms with van der Waals surface area (Å²) in [4.78, 5) is 16.1. The molecular weight excluding hydrogens is 383 g/mol. The molecule has 3 unspecified atom stereocenters. The minimum atomic E-state index is -4.79. The number of anilines is 1. The minimum Gasteiger partial charge on any atom is -0.406 e. The molecule has 0 aromatic heterocycles. The number of carbonyl (C=O) groups excluding carboxylic acids is 1. The highest BCUT2D eigenvalue weighted by Crippen LogP contribution is 2.31. The van der Waals surface area contributed by atoms with Gasteiger partial charge in [0.1, 0.15) is 22.9 Å². The SMILES string of the molecule is N#CC1CC(C#N)C(SCC(=O)Nc2ccc(OC(F)(F)F)cc2)N=C1N. The maximum absolute atomic E-state index is 12.1. The van der Waals surface area contributed by atoms with Crippen LogP contribution in [0.15, 0.2) is 29.3 Å². The molecule has 3 atom stereocenters. The molecule has 1 heterocycles. The van der Waals surface area contributed by atoms with Crippen molar-refractivity contribution >= 4 is 29.2 Å². The second kappa shape index (κ2) is 8.64. The van der Waals surface area contributed by atoms with Gasteiger partial charge in [-0.05, 0) is 30.7 Å². The fraction of sp³-hybridized carbons (Fsp3) is 0.375. The van der Waals surface area contributed by atoms with E-state index in [2.05, 4.69) is 21.1 Å². The van der Waals surface area contributed by atoms with E-state index in [1.807, 2.05) is 6.07 Å². The molecule has 0 saturated carbocycles. The van der Waals surface area contributed by atoms with Crippen LogP contribution in [0.1, 0.15) is 6.42 Å². The summed E-state index contributed by atoms with van der Waals surface area (Å²) in [5.41, 5.74) is 5.99. The van der Waals surface area contributed by atoms with Gasteiger partial charge in [0.25, 0.3) is 0 Å². The van der Waals surface area contributed by atoms with Gasteiger partial charge in [0.05, 0.1) is 23.8 Å². The molecule has 0 saturated heterocycles. The standard InChI is InChI=1S/C16H14F3N5O2S/c17-16(18,19)26-12-3-1-11(2-4-12)23-13(25)8-27-15-10(7-21)5-9(6-20)14(22)24-15/h1-4,9-10,15H,5,8H2,(H2,22,24)(H,23,25). The third-order valence-electron chi connectivity index (χ3n) is 3.55. The summed E-state index contributed by atoms with van der Waals surface area (Å²) in [5.74, 6) is -1.88. The van der Waals surface area contributed by atoms with Gasteiger partial charge < -0.3 is 15.8 Å². The van der Waals surface area contributed by atoms with Crippen LogP contribution in [-0.2, 0) is 4.79 Å². The second-order valence-corrected chi connectivity index (χ2v) is 6.63. The van der Waals surface area contributed by atoms with Crippen LogP contribution >= 0.6 is 11.8 Å². The summed E-state index contributed by atoms with van der Waals surface area (Å²) < 4.78 is 40.1. The summed E-state index contributed by atoms with van der Waals surface area (Å²) in [5, 5.41) is 20.1. The summed E-state index contributed by atoms with van der Waals surface area (Å²) in [6.45, 7) is 0. The van der Waals surface area contributed by atoms with Gasteiger partial charge >= 0.3 is 6.36 Å². The molecule has 27 heavy (non-hydrogen) atoms. The van der Waals surface area contributed by atoms with Gasteiger partial charge in [0.2, 0.25) is 5.91 Å². The molecule has 0 radical (unpaired) electrons. The Labute approximate surface area is 157 Å². The van der Waals surface area contributed by atoms with E-state index in [9.17, 15) is 23.2 Å². The van der Waals surface area contributed by atoms with Crippen molar-refractivity contribution in [2.75, 3.05) is 11.1 Å². The smallest absolute Gasteiger partial charge is 0.406 e. The molecule has 3 N–H and O–H groups in total. The van der Waals surface area contributed by atoms with Gasteiger partial charge in [-0.3, -0.25) is 9.79 Å². The number of thioether (sulfide) groups is 1. The minimum absolute atomic E-state index is 0.0440. The number of amidine groups is 1. The largest absolute Gasteiger partial charge is 0.573 e. The third-order valence-corrected chi connectivity index (χ3v) is 4.75. The number of aliphatic imine (C=N–C) groups is 1. The molecule has 2 rings (SSSR count). The Morgan fingerprint density at radius 1 is 1.33 bits per heavy atom. The zero-order valence-corrected chi connectivity index (χ0v) is 14.5. The Hall–Kier alpha value is -2.92. The Morgan fingerprint density at radius 3 is 2.56 bits per heavy atom. The molecule has 0 aliphatic carbocycles. The van der Waals surface area contributed by atoms with Crippen LogP contribution in [0.4, 0.5) is 18.9 Å². The van der Waals surface area contributed by atoms with E-state index in [1.165, 1.54) is 12.1 Å². The average Bonchev–Trinajstić information content (AvgIpc) is 2.60. The Bertz CT molecular complexity index is 798. The number of benzene rings is 1. The second-order valence-electron chi connectivity index (χ2n) is 5.53. The fourth-order valence-electron chi connectivity index (χ4n) is 2.30. The fourth-order valence-corrected chi connectivity index (χ4v) is 3.30. The highest BCUT2D eigenvalue weighted by molar-refractivity contribution is 8.00. The maximum Gasteiger partial charge on any atom is 0.573 e. The topological polar surface area (TPSA) is 124 Å². The van der Waals surface area contributed by atoms with Crippen LogP contribution in [0.25, 0.3) is 0 Å². The van der Waals surface area contributed by atoms with Crippen molar-refractivity contribution in [2.24, 2.45) is 22.6 Å². The molecule has 0 fully saturated rings. The van der Waals surface area contributed by atoms with Crippen LogP contribution < -0.4 is 15.8 Å². The molecular formula is C16H14F3N5O2S. The predicted molar refractivity (Wildman–Crippen MR) is 92.4 cm³/mol. The van der Waals surface area contributed by atoms with Gasteiger partial charge in [0, 0.05) is 5.69 Å². The normalized spacial score (nSPS) is 22.1. The number of alkyl halides is 3. The average molecular weight is 397 g/mol. The van der Waals surface area contributed by atoms with E-state index in [-0.39, 0.29) is 18.0 Å². The number of ether oxygens (including phenoxy) is 1. The number of rotatable bonds is 5. The van der Waals surface area contributed by atoms with Gasteiger partial charge in [0.15, 0.2) is 0 Å². The zero-order valence-electron chi connectivity index (χ0n) is 13.7. The molecule has 1 aromatic rings. The van der Waals surface area contributed by atoms with Crippen LogP contribution in [0.2, 0.25) is 0 Å². The van der Waals surface area contributed by atoms with Crippen molar-refractivity contribution in [1.82, 2.24) is 0 Å². The van der Waals surface area contributed by atoms with Crippen molar-refractivity contribution in [3.05, 3.63) is 24.3 Å². The van der Waals surface area contributed by atoms with E-state index < -0.39 is 35.2 Å². The van der Waals surface area contributed by atoms with Gasteiger partial charge in [-0.25, -0.2) is 0 Å². The highest BCUT2D eigenvalue weighted by Gasteiger charge is 2.33. The molecule has 11 heteroatoms. The number of nitriles is 2. The lowest BCUT2D eigenvalue weighted by atomic mass is 9.92. The molecule has 1 aliphatic heterocycles.